The third-order valence-electron chi connectivity index (χ3n) is 4.10. The Morgan fingerprint density at radius 1 is 1.14 bits per heavy atom. The van der Waals surface area contributed by atoms with Crippen molar-refractivity contribution in [3.8, 4) is 5.75 Å². The molecule has 2 aromatic rings. The molecule has 0 radical (unpaired) electrons. The normalized spacial score (nSPS) is 15.2. The first-order valence-corrected chi connectivity index (χ1v) is 8.18. The average Bonchev–Trinajstić information content (AvgIpc) is 2.52. The Hall–Kier alpha value is -1.32. The van der Waals surface area contributed by atoms with Crippen LogP contribution in [0.3, 0.4) is 0 Å². The molecule has 1 heterocycles. The zero-order valence-corrected chi connectivity index (χ0v) is 14.0. The van der Waals surface area contributed by atoms with Crippen LogP contribution in [0.15, 0.2) is 40.9 Å². The zero-order chi connectivity index (χ0) is 14.8. The van der Waals surface area contributed by atoms with E-state index in [0.29, 0.717) is 0 Å². The van der Waals surface area contributed by atoms with Gasteiger partial charge < -0.3 is 10.1 Å². The van der Waals surface area contributed by atoms with Gasteiger partial charge >= 0.3 is 0 Å². The van der Waals surface area contributed by atoms with Gasteiger partial charge in [-0.25, -0.2) is 0 Å². The highest BCUT2D eigenvalue weighted by Gasteiger charge is 2.23. The number of fused-ring (bicyclic) bond motifs is 1. The Balaban J connectivity index is 2.11. The van der Waals surface area contributed by atoms with Crippen LogP contribution < -0.4 is 10.1 Å². The molecule has 2 aromatic carbocycles. The minimum absolute atomic E-state index is 0.132. The molecule has 0 fully saturated rings. The van der Waals surface area contributed by atoms with Gasteiger partial charge in [0, 0.05) is 10.0 Å². The lowest BCUT2D eigenvalue weighted by Gasteiger charge is -2.26. The van der Waals surface area contributed by atoms with Gasteiger partial charge in [-0.1, -0.05) is 52.3 Å². The van der Waals surface area contributed by atoms with E-state index in [2.05, 4.69) is 64.6 Å². The molecule has 110 valence electrons. The van der Waals surface area contributed by atoms with E-state index in [1.807, 2.05) is 7.05 Å². The number of benzene rings is 2. The van der Waals surface area contributed by atoms with E-state index < -0.39 is 0 Å². The molecule has 0 aromatic heterocycles. The monoisotopic (exact) mass is 345 g/mol. The fourth-order valence-corrected chi connectivity index (χ4v) is 3.51. The van der Waals surface area contributed by atoms with Gasteiger partial charge in [-0.05, 0) is 43.5 Å². The lowest BCUT2D eigenvalue weighted by atomic mass is 9.93. The lowest BCUT2D eigenvalue weighted by Crippen LogP contribution is -2.21. The van der Waals surface area contributed by atoms with Crippen LogP contribution in [0.5, 0.6) is 5.75 Å². The third kappa shape index (κ3) is 2.72. The van der Waals surface area contributed by atoms with Crippen molar-refractivity contribution in [1.82, 2.24) is 5.32 Å². The van der Waals surface area contributed by atoms with Gasteiger partial charge in [0.05, 0.1) is 12.6 Å². The smallest absolute Gasteiger partial charge is 0.127 e. The predicted octanol–water partition coefficient (Wildman–Crippen LogP) is 4.39. The molecule has 1 aliphatic rings. The summed E-state index contributed by atoms with van der Waals surface area (Å²) in [6.07, 6.45) is 2.21. The predicted molar refractivity (Wildman–Crippen MR) is 90.0 cm³/mol. The number of rotatable bonds is 3. The topological polar surface area (TPSA) is 21.3 Å². The number of para-hydroxylation sites is 1. The molecule has 0 saturated heterocycles. The van der Waals surface area contributed by atoms with Crippen molar-refractivity contribution in [2.75, 3.05) is 13.7 Å². The van der Waals surface area contributed by atoms with Gasteiger partial charge in [0.1, 0.15) is 5.75 Å². The highest BCUT2D eigenvalue weighted by Crippen LogP contribution is 2.38. The lowest BCUT2D eigenvalue weighted by molar-refractivity contribution is 0.283. The summed E-state index contributed by atoms with van der Waals surface area (Å²) in [5.74, 6) is 1.07. The SMILES string of the molecule is CNC(c1cccc(C)c1Br)c1cccc2c1OCCC2. The van der Waals surface area contributed by atoms with Gasteiger partial charge in [-0.15, -0.1) is 0 Å². The van der Waals surface area contributed by atoms with E-state index in [0.717, 1.165) is 29.7 Å². The van der Waals surface area contributed by atoms with Gasteiger partial charge in [0.2, 0.25) is 0 Å². The van der Waals surface area contributed by atoms with E-state index >= 15 is 0 Å². The minimum atomic E-state index is 0.132. The largest absolute Gasteiger partial charge is 0.493 e. The molecule has 0 bridgehead atoms. The number of nitrogens with one attached hydrogen (secondary N) is 1. The molecule has 0 spiro atoms. The van der Waals surface area contributed by atoms with Gasteiger partial charge in [0.15, 0.2) is 0 Å². The Morgan fingerprint density at radius 3 is 2.71 bits per heavy atom. The van der Waals surface area contributed by atoms with E-state index in [1.54, 1.807) is 0 Å². The number of halogens is 1. The molecule has 3 rings (SSSR count). The van der Waals surface area contributed by atoms with Crippen molar-refractivity contribution >= 4 is 15.9 Å². The minimum Gasteiger partial charge on any atom is -0.493 e. The van der Waals surface area contributed by atoms with Crippen molar-refractivity contribution in [3.63, 3.8) is 0 Å². The van der Waals surface area contributed by atoms with E-state index in [1.165, 1.54) is 22.3 Å². The molecular weight excluding hydrogens is 326 g/mol. The Kier molecular flexibility index (Phi) is 4.32. The molecule has 1 N–H and O–H groups in total. The standard InChI is InChI=1S/C18H20BrNO/c1-12-6-3-9-14(16(12)19)17(20-2)15-10-4-7-13-8-5-11-21-18(13)15/h3-4,6-7,9-10,17,20H,5,8,11H2,1-2H3. The van der Waals surface area contributed by atoms with Crippen LogP contribution >= 0.6 is 15.9 Å². The van der Waals surface area contributed by atoms with Crippen LogP contribution in [-0.2, 0) is 6.42 Å². The number of hydrogen-bond acceptors (Lipinski definition) is 2. The second kappa shape index (κ2) is 6.20. The molecule has 0 aliphatic carbocycles. The summed E-state index contributed by atoms with van der Waals surface area (Å²) in [7, 11) is 2.00. The fraction of sp³-hybridized carbons (Fsp3) is 0.333. The number of hydrogen-bond donors (Lipinski definition) is 1. The second-order valence-corrected chi connectivity index (χ2v) is 6.28. The van der Waals surface area contributed by atoms with Crippen molar-refractivity contribution in [2.24, 2.45) is 0 Å². The first-order valence-electron chi connectivity index (χ1n) is 7.39. The van der Waals surface area contributed by atoms with Crippen LogP contribution in [-0.4, -0.2) is 13.7 Å². The van der Waals surface area contributed by atoms with Crippen LogP contribution in [0.25, 0.3) is 0 Å². The highest BCUT2D eigenvalue weighted by molar-refractivity contribution is 9.10. The molecule has 1 aliphatic heterocycles. The number of ether oxygens (including phenoxy) is 1. The van der Waals surface area contributed by atoms with Crippen LogP contribution in [0.4, 0.5) is 0 Å². The average molecular weight is 346 g/mol. The molecule has 2 nitrogen and oxygen atoms in total. The van der Waals surface area contributed by atoms with Crippen molar-refractivity contribution in [1.29, 1.82) is 0 Å². The van der Waals surface area contributed by atoms with Crippen molar-refractivity contribution < 1.29 is 4.74 Å². The Bertz CT molecular complexity index is 654. The highest BCUT2D eigenvalue weighted by atomic mass is 79.9. The Labute approximate surface area is 134 Å². The summed E-state index contributed by atoms with van der Waals surface area (Å²) in [6, 6.07) is 13.0. The van der Waals surface area contributed by atoms with Gasteiger partial charge in [-0.2, -0.15) is 0 Å². The first kappa shape index (κ1) is 14.6. The molecule has 1 unspecified atom stereocenters. The maximum atomic E-state index is 5.97. The molecule has 0 amide bonds. The molecular formula is C18H20BrNO. The fourth-order valence-electron chi connectivity index (χ4n) is 3.01. The summed E-state index contributed by atoms with van der Waals surface area (Å²) in [6.45, 7) is 2.94. The summed E-state index contributed by atoms with van der Waals surface area (Å²) in [5.41, 5.74) is 5.04. The number of aryl methyl sites for hydroxylation is 2. The third-order valence-corrected chi connectivity index (χ3v) is 5.18. The maximum absolute atomic E-state index is 5.97. The first-order chi connectivity index (χ1) is 10.2. The molecule has 21 heavy (non-hydrogen) atoms. The van der Waals surface area contributed by atoms with Gasteiger partial charge in [0.25, 0.3) is 0 Å². The van der Waals surface area contributed by atoms with E-state index in [-0.39, 0.29) is 6.04 Å². The molecule has 0 saturated carbocycles. The summed E-state index contributed by atoms with van der Waals surface area (Å²) in [4.78, 5) is 0. The molecule has 3 heteroatoms. The van der Waals surface area contributed by atoms with Crippen molar-refractivity contribution in [3.05, 3.63) is 63.1 Å². The quantitative estimate of drug-likeness (QED) is 0.890. The zero-order valence-electron chi connectivity index (χ0n) is 12.4. The van der Waals surface area contributed by atoms with E-state index in [4.69, 9.17) is 4.74 Å². The van der Waals surface area contributed by atoms with Crippen LogP contribution in [0.2, 0.25) is 0 Å². The van der Waals surface area contributed by atoms with Crippen LogP contribution in [0, 0.1) is 6.92 Å². The summed E-state index contributed by atoms with van der Waals surface area (Å²) < 4.78 is 7.14. The maximum Gasteiger partial charge on any atom is 0.127 e. The molecule has 1 atom stereocenters. The Morgan fingerprint density at radius 2 is 1.90 bits per heavy atom. The summed E-state index contributed by atoms with van der Waals surface area (Å²) in [5, 5.41) is 3.44. The second-order valence-electron chi connectivity index (χ2n) is 5.49. The van der Waals surface area contributed by atoms with E-state index in [9.17, 15) is 0 Å². The summed E-state index contributed by atoms with van der Waals surface area (Å²) >= 11 is 3.73. The van der Waals surface area contributed by atoms with Crippen LogP contribution in [0.1, 0.15) is 34.7 Å². The van der Waals surface area contributed by atoms with Gasteiger partial charge in [-0.3, -0.25) is 0 Å². The van der Waals surface area contributed by atoms with Crippen molar-refractivity contribution in [2.45, 2.75) is 25.8 Å².